The van der Waals surface area contributed by atoms with E-state index < -0.39 is 0 Å². The van der Waals surface area contributed by atoms with E-state index in [0.717, 1.165) is 23.7 Å². The molecule has 1 fully saturated rings. The minimum absolute atomic E-state index is 0.277. The highest BCUT2D eigenvalue weighted by Gasteiger charge is 2.28. The maximum atomic E-state index is 9.77. The summed E-state index contributed by atoms with van der Waals surface area (Å²) in [4.78, 5) is 4.51. The van der Waals surface area contributed by atoms with Gasteiger partial charge in [-0.3, -0.25) is 0 Å². The average Bonchev–Trinajstić information content (AvgIpc) is 3.10. The average molecular weight is 272 g/mol. The van der Waals surface area contributed by atoms with Gasteiger partial charge in [-0.2, -0.15) is 4.98 Å². The van der Waals surface area contributed by atoms with Gasteiger partial charge in [0.2, 0.25) is 5.89 Å². The van der Waals surface area contributed by atoms with Gasteiger partial charge in [0.05, 0.1) is 6.42 Å². The fraction of sp³-hybridized carbons (Fsp3) is 0.500. The van der Waals surface area contributed by atoms with Gasteiger partial charge < -0.3 is 9.63 Å². The molecule has 0 saturated heterocycles. The van der Waals surface area contributed by atoms with E-state index in [1.54, 1.807) is 6.07 Å². The summed E-state index contributed by atoms with van der Waals surface area (Å²) in [5, 5.41) is 13.9. The minimum Gasteiger partial charge on any atom is -0.508 e. The molecular weight excluding hydrogens is 252 g/mol. The van der Waals surface area contributed by atoms with Gasteiger partial charge in [0, 0.05) is 11.5 Å². The van der Waals surface area contributed by atoms with Crippen molar-refractivity contribution in [2.75, 3.05) is 0 Å². The number of nitrogens with zero attached hydrogens (tertiary/aromatic N) is 2. The Morgan fingerprint density at radius 1 is 1.30 bits per heavy atom. The van der Waals surface area contributed by atoms with Gasteiger partial charge in [0.25, 0.3) is 0 Å². The first-order valence-electron chi connectivity index (χ1n) is 7.35. The number of rotatable bonds is 4. The molecule has 0 bridgehead atoms. The van der Waals surface area contributed by atoms with Crippen molar-refractivity contribution in [3.05, 3.63) is 41.5 Å². The van der Waals surface area contributed by atoms with Crippen LogP contribution < -0.4 is 0 Å². The normalized spacial score (nSPS) is 22.2. The number of phenolic OH excluding ortho intramolecular Hbond substituents is 1. The Labute approximate surface area is 118 Å². The summed E-state index contributed by atoms with van der Waals surface area (Å²) in [6.45, 7) is 2.24. The van der Waals surface area contributed by atoms with Crippen molar-refractivity contribution in [2.24, 2.45) is 5.92 Å². The van der Waals surface area contributed by atoms with Gasteiger partial charge in [0.15, 0.2) is 5.82 Å². The van der Waals surface area contributed by atoms with Crippen LogP contribution in [-0.4, -0.2) is 15.2 Å². The van der Waals surface area contributed by atoms with Crippen molar-refractivity contribution >= 4 is 0 Å². The van der Waals surface area contributed by atoms with Crippen LogP contribution in [0.15, 0.2) is 28.8 Å². The van der Waals surface area contributed by atoms with Crippen LogP contribution in [0, 0.1) is 5.92 Å². The highest BCUT2D eigenvalue weighted by Crippen LogP contribution is 2.38. The minimum atomic E-state index is 0.277. The molecule has 2 aromatic rings. The second-order valence-electron chi connectivity index (χ2n) is 5.64. The topological polar surface area (TPSA) is 59.2 Å². The van der Waals surface area contributed by atoms with Gasteiger partial charge in [-0.05, 0) is 31.2 Å². The largest absolute Gasteiger partial charge is 0.508 e. The molecular formula is C16H20N2O2. The molecule has 1 N–H and O–H groups in total. The number of aromatic hydroxyl groups is 1. The van der Waals surface area contributed by atoms with E-state index in [4.69, 9.17) is 4.52 Å². The van der Waals surface area contributed by atoms with Crippen LogP contribution in [-0.2, 0) is 6.42 Å². The van der Waals surface area contributed by atoms with Gasteiger partial charge >= 0.3 is 0 Å². The first kappa shape index (κ1) is 13.2. The molecule has 1 aliphatic rings. The smallest absolute Gasteiger partial charge is 0.231 e. The maximum Gasteiger partial charge on any atom is 0.231 e. The van der Waals surface area contributed by atoms with Crippen LogP contribution in [0.4, 0.5) is 0 Å². The summed E-state index contributed by atoms with van der Waals surface area (Å²) in [5.74, 6) is 2.95. The van der Waals surface area contributed by atoms with Crippen LogP contribution in [0.25, 0.3) is 0 Å². The highest BCUT2D eigenvalue weighted by molar-refractivity contribution is 5.33. The standard InChI is InChI=1S/C16H20N2O2/c1-2-11-7-8-13(9-11)16-17-15(20-18-16)10-12-5-3-4-6-14(12)19/h3-6,11,13,19H,2,7-10H2,1H3. The zero-order valence-electron chi connectivity index (χ0n) is 11.7. The lowest BCUT2D eigenvalue weighted by molar-refractivity contribution is 0.372. The maximum absolute atomic E-state index is 9.77. The Bertz CT molecular complexity index is 579. The van der Waals surface area contributed by atoms with E-state index in [1.807, 2.05) is 18.2 Å². The first-order chi connectivity index (χ1) is 9.76. The SMILES string of the molecule is CCC1CCC(c2noc(Cc3ccccc3O)n2)C1. The van der Waals surface area contributed by atoms with Crippen LogP contribution in [0.2, 0.25) is 0 Å². The molecule has 2 unspecified atom stereocenters. The third kappa shape index (κ3) is 2.69. The Hall–Kier alpha value is -1.84. The summed E-state index contributed by atoms with van der Waals surface area (Å²) in [5.41, 5.74) is 0.820. The van der Waals surface area contributed by atoms with Gasteiger partial charge in [0.1, 0.15) is 5.75 Å². The van der Waals surface area contributed by atoms with E-state index in [0.29, 0.717) is 18.2 Å². The number of phenols is 1. The van der Waals surface area contributed by atoms with Crippen LogP contribution in [0.3, 0.4) is 0 Å². The van der Waals surface area contributed by atoms with Crippen molar-refractivity contribution in [3.63, 3.8) is 0 Å². The molecule has 1 aromatic heterocycles. The molecule has 1 aliphatic carbocycles. The molecule has 3 rings (SSSR count). The lowest BCUT2D eigenvalue weighted by Crippen LogP contribution is -1.98. The van der Waals surface area contributed by atoms with E-state index in [2.05, 4.69) is 17.1 Å². The Morgan fingerprint density at radius 2 is 2.15 bits per heavy atom. The van der Waals surface area contributed by atoms with Gasteiger partial charge in [-0.25, -0.2) is 0 Å². The second kappa shape index (κ2) is 5.65. The van der Waals surface area contributed by atoms with E-state index in [1.165, 1.54) is 19.3 Å². The summed E-state index contributed by atoms with van der Waals surface area (Å²) >= 11 is 0. The molecule has 0 radical (unpaired) electrons. The predicted molar refractivity (Wildman–Crippen MR) is 75.6 cm³/mol. The molecule has 0 aliphatic heterocycles. The Kier molecular flexibility index (Phi) is 3.72. The second-order valence-corrected chi connectivity index (χ2v) is 5.64. The highest BCUT2D eigenvalue weighted by atomic mass is 16.5. The molecule has 106 valence electrons. The molecule has 20 heavy (non-hydrogen) atoms. The van der Waals surface area contributed by atoms with Crippen LogP contribution in [0.1, 0.15) is 55.8 Å². The summed E-state index contributed by atoms with van der Waals surface area (Å²) in [6.07, 6.45) is 5.33. The molecule has 4 heteroatoms. The molecule has 1 saturated carbocycles. The monoisotopic (exact) mass is 272 g/mol. The third-order valence-electron chi connectivity index (χ3n) is 4.30. The third-order valence-corrected chi connectivity index (χ3v) is 4.30. The molecule has 0 amide bonds. The summed E-state index contributed by atoms with van der Waals surface area (Å²) in [7, 11) is 0. The quantitative estimate of drug-likeness (QED) is 0.922. The fourth-order valence-electron chi connectivity index (χ4n) is 3.01. The lowest BCUT2D eigenvalue weighted by atomic mass is 10.0. The molecule has 4 nitrogen and oxygen atoms in total. The van der Waals surface area contributed by atoms with Gasteiger partial charge in [-0.15, -0.1) is 0 Å². The number of aromatic nitrogens is 2. The Balaban J connectivity index is 1.70. The fourth-order valence-corrected chi connectivity index (χ4v) is 3.01. The van der Waals surface area contributed by atoms with E-state index in [-0.39, 0.29) is 5.75 Å². The lowest BCUT2D eigenvalue weighted by Gasteiger charge is -2.04. The molecule has 1 heterocycles. The molecule has 0 spiro atoms. The van der Waals surface area contributed by atoms with Crippen molar-refractivity contribution < 1.29 is 9.63 Å². The summed E-state index contributed by atoms with van der Waals surface area (Å²) < 4.78 is 5.33. The van der Waals surface area contributed by atoms with Crippen LogP contribution >= 0.6 is 0 Å². The van der Waals surface area contributed by atoms with Gasteiger partial charge in [-0.1, -0.05) is 36.7 Å². The van der Waals surface area contributed by atoms with Crippen molar-refractivity contribution in [3.8, 4) is 5.75 Å². The van der Waals surface area contributed by atoms with E-state index >= 15 is 0 Å². The van der Waals surface area contributed by atoms with Crippen molar-refractivity contribution in [1.29, 1.82) is 0 Å². The zero-order chi connectivity index (χ0) is 13.9. The number of hydrogen-bond donors (Lipinski definition) is 1. The Morgan fingerprint density at radius 3 is 2.90 bits per heavy atom. The number of hydrogen-bond acceptors (Lipinski definition) is 4. The molecule has 1 aromatic carbocycles. The zero-order valence-corrected chi connectivity index (χ0v) is 11.7. The molecule has 2 atom stereocenters. The number of para-hydroxylation sites is 1. The van der Waals surface area contributed by atoms with Crippen LogP contribution in [0.5, 0.6) is 5.75 Å². The first-order valence-corrected chi connectivity index (χ1v) is 7.35. The van der Waals surface area contributed by atoms with Crippen molar-refractivity contribution in [2.45, 2.75) is 44.9 Å². The number of benzene rings is 1. The van der Waals surface area contributed by atoms with E-state index in [9.17, 15) is 5.11 Å². The summed E-state index contributed by atoms with van der Waals surface area (Å²) in [6, 6.07) is 7.26. The van der Waals surface area contributed by atoms with Crippen molar-refractivity contribution in [1.82, 2.24) is 10.1 Å². The predicted octanol–water partition coefficient (Wildman–Crippen LogP) is 3.66.